The fraction of sp³-hybridized carbons (Fsp3) is 0.636. The highest BCUT2D eigenvalue weighted by molar-refractivity contribution is 5.81. The van der Waals surface area contributed by atoms with Crippen LogP contribution >= 0.6 is 0 Å². The third kappa shape index (κ3) is 4.00. The molecule has 19 heavy (non-hydrogen) atoms. The first-order chi connectivity index (χ1) is 8.86. The molecule has 1 aliphatic heterocycles. The molecule has 1 amide bonds. The lowest BCUT2D eigenvalue weighted by Crippen LogP contribution is -2.64. The Morgan fingerprint density at radius 3 is 2.53 bits per heavy atom. The van der Waals surface area contributed by atoms with Gasteiger partial charge in [-0.05, 0) is 0 Å². The molecule has 0 aliphatic carbocycles. The van der Waals surface area contributed by atoms with E-state index in [0.29, 0.717) is 0 Å². The molecule has 1 fully saturated rings. The Morgan fingerprint density at radius 1 is 1.37 bits per heavy atom. The van der Waals surface area contributed by atoms with Crippen molar-refractivity contribution in [1.29, 1.82) is 0 Å². The van der Waals surface area contributed by atoms with Crippen LogP contribution in [0.25, 0.3) is 0 Å². The van der Waals surface area contributed by atoms with Gasteiger partial charge in [0.25, 0.3) is 0 Å². The van der Waals surface area contributed by atoms with Gasteiger partial charge in [-0.3, -0.25) is 4.79 Å². The molecule has 0 aromatic rings. The molecule has 8 nitrogen and oxygen atoms in total. The van der Waals surface area contributed by atoms with Crippen LogP contribution in [-0.4, -0.2) is 64.4 Å². The molecular weight excluding hydrogens is 258 g/mol. The Bertz CT molecular complexity index is 359. The maximum absolute atomic E-state index is 10.9. The highest BCUT2D eigenvalue weighted by Gasteiger charge is 2.44. The second-order valence-electron chi connectivity index (χ2n) is 4.11. The van der Waals surface area contributed by atoms with Crippen LogP contribution in [0.1, 0.15) is 6.92 Å². The lowest BCUT2D eigenvalue weighted by Gasteiger charge is -2.40. The minimum Gasteiger partial charge on any atom is -0.460 e. The van der Waals surface area contributed by atoms with Crippen molar-refractivity contribution in [2.24, 2.45) is 0 Å². The van der Waals surface area contributed by atoms with Crippen LogP contribution in [0.15, 0.2) is 12.7 Å². The van der Waals surface area contributed by atoms with E-state index in [1.165, 1.54) is 6.92 Å². The van der Waals surface area contributed by atoms with Gasteiger partial charge in [0, 0.05) is 13.0 Å². The largest absolute Gasteiger partial charge is 0.460 e. The summed E-state index contributed by atoms with van der Waals surface area (Å²) in [5.74, 6) is -1.21. The van der Waals surface area contributed by atoms with Crippen LogP contribution in [0.3, 0.4) is 0 Å². The number of rotatable bonds is 4. The van der Waals surface area contributed by atoms with Crippen molar-refractivity contribution in [3.63, 3.8) is 0 Å². The first kappa shape index (κ1) is 15.6. The molecule has 0 saturated carbocycles. The molecule has 5 atom stereocenters. The van der Waals surface area contributed by atoms with Gasteiger partial charge in [-0.2, -0.15) is 0 Å². The van der Waals surface area contributed by atoms with E-state index in [9.17, 15) is 24.9 Å². The number of amides is 1. The minimum atomic E-state index is -1.52. The average Bonchev–Trinajstić information content (AvgIpc) is 2.36. The zero-order chi connectivity index (χ0) is 14.6. The van der Waals surface area contributed by atoms with Gasteiger partial charge in [0.05, 0.1) is 0 Å². The first-order valence-electron chi connectivity index (χ1n) is 5.62. The SMILES string of the molecule is C=CC(=O)OC[C@H]1O[C@@H](O)[C@H](NC(C)=O)[C@@H](O)[C@@H]1O. The summed E-state index contributed by atoms with van der Waals surface area (Å²) in [5, 5.41) is 31.4. The molecule has 1 aliphatic rings. The van der Waals surface area contributed by atoms with Gasteiger partial charge in [0.2, 0.25) is 5.91 Å². The number of hydrogen-bond donors (Lipinski definition) is 4. The average molecular weight is 275 g/mol. The maximum Gasteiger partial charge on any atom is 0.330 e. The summed E-state index contributed by atoms with van der Waals surface area (Å²) in [4.78, 5) is 21.8. The molecule has 1 rings (SSSR count). The van der Waals surface area contributed by atoms with E-state index in [2.05, 4.69) is 16.6 Å². The Kier molecular flexibility index (Phi) is 5.43. The summed E-state index contributed by atoms with van der Waals surface area (Å²) in [6, 6.07) is -1.15. The lowest BCUT2D eigenvalue weighted by atomic mass is 9.97. The number of ether oxygens (including phenoxy) is 2. The number of carbonyl (C=O) groups excluding carboxylic acids is 2. The highest BCUT2D eigenvalue weighted by Crippen LogP contribution is 2.20. The molecule has 0 aromatic carbocycles. The van der Waals surface area contributed by atoms with Crippen LogP contribution in [0, 0.1) is 0 Å². The van der Waals surface area contributed by atoms with E-state index in [4.69, 9.17) is 4.74 Å². The summed E-state index contributed by atoms with van der Waals surface area (Å²) < 4.78 is 9.66. The number of aliphatic hydroxyl groups excluding tert-OH is 3. The smallest absolute Gasteiger partial charge is 0.330 e. The summed E-state index contributed by atoms with van der Waals surface area (Å²) in [6.45, 7) is 4.04. The predicted molar refractivity (Wildman–Crippen MR) is 61.7 cm³/mol. The van der Waals surface area contributed by atoms with Crippen LogP contribution < -0.4 is 5.32 Å². The van der Waals surface area contributed by atoms with Crippen LogP contribution in [0.5, 0.6) is 0 Å². The molecule has 0 radical (unpaired) electrons. The number of nitrogens with one attached hydrogen (secondary N) is 1. The number of hydrogen-bond acceptors (Lipinski definition) is 7. The van der Waals surface area contributed by atoms with Crippen molar-refractivity contribution in [3.8, 4) is 0 Å². The fourth-order valence-corrected chi connectivity index (χ4v) is 1.70. The zero-order valence-electron chi connectivity index (χ0n) is 10.4. The molecule has 0 spiro atoms. The molecule has 1 saturated heterocycles. The minimum absolute atomic E-state index is 0.354. The Hall–Kier alpha value is -1.48. The molecule has 0 bridgehead atoms. The second kappa shape index (κ2) is 6.62. The van der Waals surface area contributed by atoms with Crippen molar-refractivity contribution in [3.05, 3.63) is 12.7 Å². The van der Waals surface area contributed by atoms with Gasteiger partial charge in [-0.1, -0.05) is 6.58 Å². The molecule has 8 heteroatoms. The molecule has 0 aromatic heterocycles. The van der Waals surface area contributed by atoms with E-state index in [0.717, 1.165) is 6.08 Å². The highest BCUT2D eigenvalue weighted by atomic mass is 16.6. The third-order valence-corrected chi connectivity index (χ3v) is 2.65. The van der Waals surface area contributed by atoms with Gasteiger partial charge in [0.15, 0.2) is 6.29 Å². The normalized spacial score (nSPS) is 34.4. The fourth-order valence-electron chi connectivity index (χ4n) is 1.70. The molecule has 0 unspecified atom stereocenters. The number of carbonyl (C=O) groups is 2. The van der Waals surface area contributed by atoms with E-state index < -0.39 is 42.5 Å². The zero-order valence-corrected chi connectivity index (χ0v) is 10.4. The van der Waals surface area contributed by atoms with Crippen molar-refractivity contribution in [2.75, 3.05) is 6.61 Å². The summed E-state index contributed by atoms with van der Waals surface area (Å²) in [5.41, 5.74) is 0. The van der Waals surface area contributed by atoms with Gasteiger partial charge in [-0.15, -0.1) is 0 Å². The quantitative estimate of drug-likeness (QED) is 0.334. The topological polar surface area (TPSA) is 125 Å². The van der Waals surface area contributed by atoms with E-state index >= 15 is 0 Å². The van der Waals surface area contributed by atoms with Gasteiger partial charge in [-0.25, -0.2) is 4.79 Å². The summed E-state index contributed by atoms with van der Waals surface area (Å²) in [6.07, 6.45) is -4.55. The number of esters is 1. The Morgan fingerprint density at radius 2 is 2.00 bits per heavy atom. The van der Waals surface area contributed by atoms with Gasteiger partial charge in [0.1, 0.15) is 31.0 Å². The van der Waals surface area contributed by atoms with Crippen LogP contribution in [-0.2, 0) is 19.1 Å². The standard InChI is InChI=1S/C11H17NO7/c1-3-7(14)18-4-6-9(15)10(16)8(11(17)19-6)12-5(2)13/h3,6,8-11,15-17H,1,4H2,2H3,(H,12,13)/t6-,8-,9-,10-,11-/m1/s1. The van der Waals surface area contributed by atoms with Gasteiger partial charge >= 0.3 is 5.97 Å². The molecule has 108 valence electrons. The second-order valence-corrected chi connectivity index (χ2v) is 4.11. The van der Waals surface area contributed by atoms with E-state index in [-0.39, 0.29) is 6.61 Å². The number of aliphatic hydroxyl groups is 3. The van der Waals surface area contributed by atoms with Crippen molar-refractivity contribution >= 4 is 11.9 Å². The first-order valence-corrected chi connectivity index (χ1v) is 5.62. The van der Waals surface area contributed by atoms with Crippen molar-refractivity contribution in [2.45, 2.75) is 37.6 Å². The maximum atomic E-state index is 10.9. The lowest BCUT2D eigenvalue weighted by molar-refractivity contribution is -0.255. The van der Waals surface area contributed by atoms with E-state index in [1.807, 2.05) is 0 Å². The third-order valence-electron chi connectivity index (χ3n) is 2.65. The molecule has 1 heterocycles. The molecule has 4 N–H and O–H groups in total. The predicted octanol–water partition coefficient (Wildman–Crippen LogP) is -2.34. The summed E-state index contributed by atoms with van der Waals surface area (Å²) in [7, 11) is 0. The van der Waals surface area contributed by atoms with Gasteiger partial charge < -0.3 is 30.1 Å². The van der Waals surface area contributed by atoms with Crippen molar-refractivity contribution in [1.82, 2.24) is 5.32 Å². The van der Waals surface area contributed by atoms with Crippen molar-refractivity contribution < 1.29 is 34.4 Å². The Labute approximate surface area is 109 Å². The van der Waals surface area contributed by atoms with E-state index in [1.54, 1.807) is 0 Å². The Balaban J connectivity index is 2.63. The van der Waals surface area contributed by atoms with Crippen LogP contribution in [0.4, 0.5) is 0 Å². The van der Waals surface area contributed by atoms with Crippen LogP contribution in [0.2, 0.25) is 0 Å². The monoisotopic (exact) mass is 275 g/mol. The molecular formula is C11H17NO7. The summed E-state index contributed by atoms with van der Waals surface area (Å²) >= 11 is 0.